The number of benzene rings is 2. The highest BCUT2D eigenvalue weighted by Crippen LogP contribution is 2.19. The average molecular weight is 297 g/mol. The molecule has 0 spiro atoms. The maximum atomic E-state index is 13.9. The van der Waals surface area contributed by atoms with E-state index in [2.05, 4.69) is 10.3 Å². The molecule has 0 atom stereocenters. The van der Waals surface area contributed by atoms with E-state index in [1.54, 1.807) is 12.1 Å². The first-order valence-corrected chi connectivity index (χ1v) is 7.14. The van der Waals surface area contributed by atoms with Crippen molar-refractivity contribution < 1.29 is 9.18 Å². The predicted molar refractivity (Wildman–Crippen MR) is 83.0 cm³/mol. The Bertz CT molecular complexity index is 797. The topological polar surface area (TPSA) is 46.9 Å². The second-order valence-corrected chi connectivity index (χ2v) is 5.02. The summed E-state index contributed by atoms with van der Waals surface area (Å²) in [5.41, 5.74) is 2.46. The Kier molecular flexibility index (Phi) is 4.14. The number of nitrogens with zero attached hydrogens (tertiary/aromatic N) is 2. The number of carbonyl (C=O) groups is 1. The van der Waals surface area contributed by atoms with E-state index in [4.69, 9.17) is 0 Å². The Balaban J connectivity index is 1.99. The molecular weight excluding hydrogens is 281 g/mol. The molecule has 0 radical (unpaired) electrons. The number of fused-ring (bicyclic) bond motifs is 1. The number of aromatic nitrogens is 2. The number of halogens is 1. The summed E-state index contributed by atoms with van der Waals surface area (Å²) in [6, 6.07) is 14.5. The molecule has 3 aromatic rings. The van der Waals surface area contributed by atoms with Gasteiger partial charge in [-0.25, -0.2) is 9.37 Å². The summed E-state index contributed by atoms with van der Waals surface area (Å²) < 4.78 is 15.9. The van der Waals surface area contributed by atoms with Gasteiger partial charge in [0.25, 0.3) is 0 Å². The Morgan fingerprint density at radius 2 is 1.91 bits per heavy atom. The zero-order chi connectivity index (χ0) is 15.4. The summed E-state index contributed by atoms with van der Waals surface area (Å²) in [5.74, 6) is 0.607. The van der Waals surface area contributed by atoms with Gasteiger partial charge in [-0.05, 0) is 18.2 Å². The fourth-order valence-corrected chi connectivity index (χ4v) is 2.53. The highest BCUT2D eigenvalue weighted by atomic mass is 19.1. The number of nitrogens with one attached hydrogen (secondary N) is 1. The molecule has 0 aliphatic rings. The molecule has 0 unspecified atom stereocenters. The maximum Gasteiger partial charge on any atom is 0.207 e. The summed E-state index contributed by atoms with van der Waals surface area (Å²) in [4.78, 5) is 15.0. The van der Waals surface area contributed by atoms with Gasteiger partial charge in [0.2, 0.25) is 6.41 Å². The van der Waals surface area contributed by atoms with Crippen LogP contribution in [-0.2, 0) is 17.8 Å². The number of carbonyl (C=O) groups excluding carboxylic acids is 1. The number of hydrogen-bond donors (Lipinski definition) is 1. The molecule has 1 amide bonds. The van der Waals surface area contributed by atoms with Gasteiger partial charge >= 0.3 is 0 Å². The summed E-state index contributed by atoms with van der Waals surface area (Å²) in [7, 11) is 0. The van der Waals surface area contributed by atoms with Gasteiger partial charge in [-0.3, -0.25) is 4.79 Å². The molecule has 3 rings (SSSR count). The molecule has 0 aliphatic carbocycles. The van der Waals surface area contributed by atoms with Gasteiger partial charge in [0.15, 0.2) is 0 Å². The van der Waals surface area contributed by atoms with Gasteiger partial charge in [-0.1, -0.05) is 30.3 Å². The first-order chi connectivity index (χ1) is 10.8. The maximum absolute atomic E-state index is 13.9. The zero-order valence-corrected chi connectivity index (χ0v) is 12.0. The lowest BCUT2D eigenvalue weighted by atomic mass is 10.2. The van der Waals surface area contributed by atoms with Crippen LogP contribution < -0.4 is 5.32 Å². The van der Waals surface area contributed by atoms with E-state index in [9.17, 15) is 9.18 Å². The van der Waals surface area contributed by atoms with Gasteiger partial charge in [0, 0.05) is 18.5 Å². The molecule has 22 heavy (non-hydrogen) atoms. The molecule has 5 heteroatoms. The molecule has 4 nitrogen and oxygen atoms in total. The van der Waals surface area contributed by atoms with E-state index in [1.165, 1.54) is 6.07 Å². The van der Waals surface area contributed by atoms with E-state index >= 15 is 0 Å². The van der Waals surface area contributed by atoms with Crippen LogP contribution in [0.4, 0.5) is 4.39 Å². The minimum atomic E-state index is -0.225. The van der Waals surface area contributed by atoms with Crippen LogP contribution in [0.2, 0.25) is 0 Å². The van der Waals surface area contributed by atoms with Crippen LogP contribution in [0.5, 0.6) is 0 Å². The zero-order valence-electron chi connectivity index (χ0n) is 12.0. The number of amides is 1. The molecule has 0 saturated carbocycles. The molecule has 1 heterocycles. The highest BCUT2D eigenvalue weighted by Gasteiger charge is 2.12. The molecule has 112 valence electrons. The molecule has 1 aromatic heterocycles. The first-order valence-electron chi connectivity index (χ1n) is 7.14. The van der Waals surface area contributed by atoms with Gasteiger partial charge in [-0.2, -0.15) is 0 Å². The van der Waals surface area contributed by atoms with Crippen molar-refractivity contribution in [2.75, 3.05) is 6.54 Å². The van der Waals surface area contributed by atoms with Crippen LogP contribution in [0.3, 0.4) is 0 Å². The Morgan fingerprint density at radius 3 is 2.73 bits per heavy atom. The Hall–Kier alpha value is -2.69. The van der Waals surface area contributed by atoms with Crippen LogP contribution in [0.25, 0.3) is 11.0 Å². The average Bonchev–Trinajstić information content (AvgIpc) is 2.88. The third-order valence-corrected chi connectivity index (χ3v) is 3.60. The monoisotopic (exact) mass is 297 g/mol. The van der Waals surface area contributed by atoms with E-state index in [-0.39, 0.29) is 5.82 Å². The smallest absolute Gasteiger partial charge is 0.207 e. The van der Waals surface area contributed by atoms with Crippen LogP contribution in [0.15, 0.2) is 48.5 Å². The molecule has 0 saturated heterocycles. The summed E-state index contributed by atoms with van der Waals surface area (Å²) in [6.07, 6.45) is 1.27. The van der Waals surface area contributed by atoms with Crippen LogP contribution >= 0.6 is 0 Å². The number of imidazole rings is 1. The van der Waals surface area contributed by atoms with Gasteiger partial charge in [0.1, 0.15) is 11.6 Å². The van der Waals surface area contributed by atoms with Crippen molar-refractivity contribution in [1.82, 2.24) is 14.9 Å². The SMILES string of the molecule is O=CNCCc1nc2ccccc2n1Cc1ccccc1F. The van der Waals surface area contributed by atoms with Crippen molar-refractivity contribution in [1.29, 1.82) is 0 Å². The molecule has 0 aliphatic heterocycles. The van der Waals surface area contributed by atoms with Crippen molar-refractivity contribution in [3.8, 4) is 0 Å². The fraction of sp³-hybridized carbons (Fsp3) is 0.176. The predicted octanol–water partition coefficient (Wildman–Crippen LogP) is 2.51. The third-order valence-electron chi connectivity index (χ3n) is 3.60. The minimum Gasteiger partial charge on any atom is -0.358 e. The molecule has 0 fully saturated rings. The van der Waals surface area contributed by atoms with Crippen molar-refractivity contribution in [2.24, 2.45) is 0 Å². The summed E-state index contributed by atoms with van der Waals surface area (Å²) >= 11 is 0. The van der Waals surface area contributed by atoms with Crippen molar-refractivity contribution in [3.63, 3.8) is 0 Å². The van der Waals surface area contributed by atoms with Gasteiger partial charge < -0.3 is 9.88 Å². The van der Waals surface area contributed by atoms with Crippen LogP contribution in [0.1, 0.15) is 11.4 Å². The Labute approximate surface area is 127 Å². The van der Waals surface area contributed by atoms with Crippen molar-refractivity contribution >= 4 is 17.4 Å². The minimum absolute atomic E-state index is 0.225. The largest absolute Gasteiger partial charge is 0.358 e. The highest BCUT2D eigenvalue weighted by molar-refractivity contribution is 5.76. The van der Waals surface area contributed by atoms with Crippen molar-refractivity contribution in [3.05, 3.63) is 65.7 Å². The lowest BCUT2D eigenvalue weighted by Crippen LogP contribution is -2.17. The number of rotatable bonds is 6. The first kappa shape index (κ1) is 14.3. The quantitative estimate of drug-likeness (QED) is 0.561. The third kappa shape index (κ3) is 2.83. The van der Waals surface area contributed by atoms with E-state index < -0.39 is 0 Å². The number of para-hydroxylation sites is 2. The van der Waals surface area contributed by atoms with Crippen molar-refractivity contribution in [2.45, 2.75) is 13.0 Å². The fourth-order valence-electron chi connectivity index (χ4n) is 2.53. The second-order valence-electron chi connectivity index (χ2n) is 5.02. The van der Waals surface area contributed by atoms with Gasteiger partial charge in [0.05, 0.1) is 17.6 Å². The lowest BCUT2D eigenvalue weighted by Gasteiger charge is -2.10. The van der Waals surface area contributed by atoms with Crippen LogP contribution in [-0.4, -0.2) is 22.5 Å². The van der Waals surface area contributed by atoms with Gasteiger partial charge in [-0.15, -0.1) is 0 Å². The number of hydrogen-bond acceptors (Lipinski definition) is 2. The molecule has 1 N–H and O–H groups in total. The Morgan fingerprint density at radius 1 is 1.14 bits per heavy atom. The normalized spacial score (nSPS) is 10.8. The molecular formula is C17H16FN3O. The standard InChI is InChI=1S/C17H16FN3O/c18-14-6-2-1-5-13(14)11-21-16-8-4-3-7-15(16)20-17(21)9-10-19-12-22/h1-8,12H,9-11H2,(H,19,22). The van der Waals surface area contributed by atoms with E-state index in [0.717, 1.165) is 16.9 Å². The molecule has 2 aromatic carbocycles. The summed E-state index contributed by atoms with van der Waals surface area (Å²) in [5, 5.41) is 2.64. The van der Waals surface area contributed by atoms with E-state index in [0.29, 0.717) is 31.5 Å². The second kappa shape index (κ2) is 6.39. The van der Waals surface area contributed by atoms with E-state index in [1.807, 2.05) is 34.9 Å². The van der Waals surface area contributed by atoms with Crippen LogP contribution in [0, 0.1) is 5.82 Å². The molecule has 0 bridgehead atoms. The summed E-state index contributed by atoms with van der Waals surface area (Å²) in [6.45, 7) is 0.924. The lowest BCUT2D eigenvalue weighted by molar-refractivity contribution is -0.109.